The Hall–Kier alpha value is -1.56. The molecular weight excluding hydrogens is 158 g/mol. The first-order valence-corrected chi connectivity index (χ1v) is 3.52. The van der Waals surface area contributed by atoms with E-state index in [2.05, 4.69) is 10.2 Å². The van der Waals surface area contributed by atoms with Crippen LogP contribution in [0, 0.1) is 0 Å². The van der Waals surface area contributed by atoms with Gasteiger partial charge in [-0.15, -0.1) is 0 Å². The Morgan fingerprint density at radius 2 is 2.50 bits per heavy atom. The van der Waals surface area contributed by atoms with E-state index in [9.17, 15) is 4.79 Å². The molecule has 0 saturated heterocycles. The fourth-order valence-electron chi connectivity index (χ4n) is 0.877. The lowest BCUT2D eigenvalue weighted by molar-refractivity contribution is 0.254. The molecule has 2 amide bonds. The Kier molecular flexibility index (Phi) is 2.65. The number of primary amides is 1. The topological polar surface area (TPSA) is 101 Å². The van der Waals surface area contributed by atoms with Gasteiger partial charge in [0.05, 0.1) is 6.20 Å². The average molecular weight is 169 g/mol. The van der Waals surface area contributed by atoms with Gasteiger partial charge in [-0.05, 0) is 0 Å². The van der Waals surface area contributed by atoms with E-state index in [1.165, 1.54) is 4.90 Å². The van der Waals surface area contributed by atoms with Crippen molar-refractivity contribution in [3.8, 4) is 0 Å². The van der Waals surface area contributed by atoms with E-state index in [-0.39, 0.29) is 0 Å². The van der Waals surface area contributed by atoms with Gasteiger partial charge in [0.15, 0.2) is 0 Å². The molecule has 66 valence electrons. The number of anilines is 1. The number of carbonyl (C=O) groups excluding carboxylic acids is 1. The van der Waals surface area contributed by atoms with Gasteiger partial charge < -0.3 is 11.5 Å². The summed E-state index contributed by atoms with van der Waals surface area (Å²) in [6.45, 7) is 0.749. The first kappa shape index (κ1) is 8.54. The molecule has 6 nitrogen and oxygen atoms in total. The standard InChI is InChI=1S/C6H11N5O/c7-2-4-11(6(8)12)5-1-3-9-10-5/h1,3H,2,4,7H2,(H2,8,12)(H,9,10). The third kappa shape index (κ3) is 1.73. The van der Waals surface area contributed by atoms with E-state index in [0.717, 1.165) is 0 Å². The Bertz CT molecular complexity index is 244. The Balaban J connectivity index is 2.73. The molecule has 1 rings (SSSR count). The summed E-state index contributed by atoms with van der Waals surface area (Å²) in [4.78, 5) is 12.2. The van der Waals surface area contributed by atoms with Crippen LogP contribution in [-0.2, 0) is 0 Å². The van der Waals surface area contributed by atoms with Gasteiger partial charge in [0, 0.05) is 19.2 Å². The van der Waals surface area contributed by atoms with Crippen molar-refractivity contribution in [3.05, 3.63) is 12.3 Å². The second-order valence-electron chi connectivity index (χ2n) is 2.22. The fourth-order valence-corrected chi connectivity index (χ4v) is 0.877. The number of nitrogens with zero attached hydrogens (tertiary/aromatic N) is 2. The monoisotopic (exact) mass is 169 g/mol. The minimum atomic E-state index is -0.537. The van der Waals surface area contributed by atoms with Crippen LogP contribution in [0.5, 0.6) is 0 Å². The van der Waals surface area contributed by atoms with Crippen LogP contribution in [-0.4, -0.2) is 29.3 Å². The van der Waals surface area contributed by atoms with E-state index >= 15 is 0 Å². The highest BCUT2D eigenvalue weighted by molar-refractivity contribution is 5.89. The highest BCUT2D eigenvalue weighted by Gasteiger charge is 2.11. The Morgan fingerprint density at radius 3 is 2.92 bits per heavy atom. The lowest BCUT2D eigenvalue weighted by atomic mass is 10.5. The molecule has 0 aliphatic carbocycles. The van der Waals surface area contributed by atoms with Crippen molar-refractivity contribution < 1.29 is 4.79 Å². The van der Waals surface area contributed by atoms with Crippen molar-refractivity contribution in [3.63, 3.8) is 0 Å². The number of aromatic amines is 1. The number of nitrogens with one attached hydrogen (secondary N) is 1. The van der Waals surface area contributed by atoms with E-state index < -0.39 is 6.03 Å². The largest absolute Gasteiger partial charge is 0.351 e. The molecule has 0 unspecified atom stereocenters. The highest BCUT2D eigenvalue weighted by atomic mass is 16.2. The molecule has 0 aliphatic heterocycles. The third-order valence-corrected chi connectivity index (χ3v) is 1.40. The zero-order valence-electron chi connectivity index (χ0n) is 6.53. The third-order valence-electron chi connectivity index (χ3n) is 1.40. The van der Waals surface area contributed by atoms with Crippen LogP contribution in [0.4, 0.5) is 10.6 Å². The lowest BCUT2D eigenvalue weighted by Gasteiger charge is -2.16. The summed E-state index contributed by atoms with van der Waals surface area (Å²) in [6, 6.07) is 1.12. The molecule has 0 saturated carbocycles. The Labute approximate surface area is 69.5 Å². The first-order valence-electron chi connectivity index (χ1n) is 3.52. The van der Waals surface area contributed by atoms with E-state index in [4.69, 9.17) is 11.5 Å². The first-order chi connectivity index (χ1) is 5.75. The van der Waals surface area contributed by atoms with E-state index in [1.54, 1.807) is 12.3 Å². The number of nitrogens with two attached hydrogens (primary N) is 2. The maximum atomic E-state index is 10.8. The molecule has 0 spiro atoms. The highest BCUT2D eigenvalue weighted by Crippen LogP contribution is 2.06. The predicted molar refractivity (Wildman–Crippen MR) is 44.6 cm³/mol. The van der Waals surface area contributed by atoms with Crippen LogP contribution in [0.2, 0.25) is 0 Å². The minimum Gasteiger partial charge on any atom is -0.351 e. The summed E-state index contributed by atoms with van der Waals surface area (Å²) < 4.78 is 0. The molecule has 12 heavy (non-hydrogen) atoms. The summed E-state index contributed by atoms with van der Waals surface area (Å²) >= 11 is 0. The molecule has 0 fully saturated rings. The molecule has 0 aliphatic rings. The van der Waals surface area contributed by atoms with Crippen molar-refractivity contribution in [1.29, 1.82) is 0 Å². The summed E-state index contributed by atoms with van der Waals surface area (Å²) in [5.74, 6) is 0.563. The summed E-state index contributed by atoms with van der Waals surface area (Å²) in [7, 11) is 0. The number of carbonyl (C=O) groups is 1. The zero-order valence-corrected chi connectivity index (χ0v) is 6.53. The molecule has 1 aromatic rings. The molecule has 0 atom stereocenters. The molecular formula is C6H11N5O. The molecule has 1 aromatic heterocycles. The number of rotatable bonds is 3. The van der Waals surface area contributed by atoms with Gasteiger partial charge in [0.1, 0.15) is 5.82 Å². The van der Waals surface area contributed by atoms with Gasteiger partial charge in [-0.25, -0.2) is 4.79 Å². The number of H-pyrrole nitrogens is 1. The van der Waals surface area contributed by atoms with Crippen molar-refractivity contribution in [2.24, 2.45) is 11.5 Å². The summed E-state index contributed by atoms with van der Waals surface area (Å²) in [5.41, 5.74) is 10.4. The number of amides is 2. The zero-order chi connectivity index (χ0) is 8.97. The Morgan fingerprint density at radius 1 is 1.75 bits per heavy atom. The maximum absolute atomic E-state index is 10.8. The van der Waals surface area contributed by atoms with E-state index in [0.29, 0.717) is 18.9 Å². The van der Waals surface area contributed by atoms with Gasteiger partial charge in [-0.2, -0.15) is 5.10 Å². The van der Waals surface area contributed by atoms with Gasteiger partial charge in [0.2, 0.25) is 0 Å². The smallest absolute Gasteiger partial charge is 0.320 e. The normalized spacial score (nSPS) is 9.75. The molecule has 5 N–H and O–H groups in total. The molecule has 1 heterocycles. The van der Waals surface area contributed by atoms with Gasteiger partial charge in [0.25, 0.3) is 0 Å². The van der Waals surface area contributed by atoms with Crippen molar-refractivity contribution in [2.75, 3.05) is 18.0 Å². The van der Waals surface area contributed by atoms with Crippen LogP contribution in [0.25, 0.3) is 0 Å². The number of urea groups is 1. The number of aromatic nitrogens is 2. The van der Waals surface area contributed by atoms with Crippen LogP contribution in [0.3, 0.4) is 0 Å². The average Bonchev–Trinajstić information content (AvgIpc) is 2.51. The van der Waals surface area contributed by atoms with Crippen LogP contribution >= 0.6 is 0 Å². The second kappa shape index (κ2) is 3.72. The molecule has 0 aromatic carbocycles. The quantitative estimate of drug-likeness (QED) is 0.555. The van der Waals surface area contributed by atoms with Crippen LogP contribution in [0.15, 0.2) is 12.3 Å². The van der Waals surface area contributed by atoms with Gasteiger partial charge >= 0.3 is 6.03 Å². The lowest BCUT2D eigenvalue weighted by Crippen LogP contribution is -2.39. The molecule has 6 heteroatoms. The summed E-state index contributed by atoms with van der Waals surface area (Å²) in [5, 5.41) is 6.32. The molecule has 0 bridgehead atoms. The predicted octanol–water partition coefficient (Wildman–Crippen LogP) is -0.747. The minimum absolute atomic E-state index is 0.363. The number of hydrogen-bond acceptors (Lipinski definition) is 3. The van der Waals surface area contributed by atoms with Crippen molar-refractivity contribution in [1.82, 2.24) is 10.2 Å². The fraction of sp³-hybridized carbons (Fsp3) is 0.333. The maximum Gasteiger partial charge on any atom is 0.320 e. The molecule has 0 radical (unpaired) electrons. The van der Waals surface area contributed by atoms with Gasteiger partial charge in [-0.1, -0.05) is 0 Å². The van der Waals surface area contributed by atoms with Crippen LogP contribution in [0.1, 0.15) is 0 Å². The second-order valence-corrected chi connectivity index (χ2v) is 2.22. The van der Waals surface area contributed by atoms with Crippen molar-refractivity contribution in [2.45, 2.75) is 0 Å². The summed E-state index contributed by atoms with van der Waals surface area (Å²) in [6.07, 6.45) is 1.54. The van der Waals surface area contributed by atoms with E-state index in [1.807, 2.05) is 0 Å². The van der Waals surface area contributed by atoms with Crippen LogP contribution < -0.4 is 16.4 Å². The SMILES string of the molecule is NCCN(C(N)=O)c1ccn[nH]1. The van der Waals surface area contributed by atoms with Crippen molar-refractivity contribution >= 4 is 11.8 Å². The number of hydrogen-bond donors (Lipinski definition) is 3. The van der Waals surface area contributed by atoms with Gasteiger partial charge in [-0.3, -0.25) is 10.00 Å².